The summed E-state index contributed by atoms with van der Waals surface area (Å²) < 4.78 is 1.84. The summed E-state index contributed by atoms with van der Waals surface area (Å²) in [6, 6.07) is 16.0. The lowest BCUT2D eigenvalue weighted by molar-refractivity contribution is 0.618. The van der Waals surface area contributed by atoms with Crippen molar-refractivity contribution in [2.45, 2.75) is 13.6 Å². The van der Waals surface area contributed by atoms with Crippen molar-refractivity contribution < 1.29 is 0 Å². The number of aromatic nitrogens is 5. The van der Waals surface area contributed by atoms with Crippen molar-refractivity contribution in [1.29, 1.82) is 0 Å². The first-order chi connectivity index (χ1) is 13.2. The molecule has 5 rings (SSSR count). The highest BCUT2D eigenvalue weighted by molar-refractivity contribution is 6.30. The summed E-state index contributed by atoms with van der Waals surface area (Å²) in [5.41, 5.74) is 7.91. The molecule has 4 aromatic rings. The van der Waals surface area contributed by atoms with Gasteiger partial charge in [-0.25, -0.2) is 4.68 Å². The van der Waals surface area contributed by atoms with E-state index < -0.39 is 0 Å². The normalized spacial score (nSPS) is 12.9. The fourth-order valence-electron chi connectivity index (χ4n) is 3.44. The number of H-pyrrole nitrogens is 1. The number of nitrogens with zero attached hydrogens (tertiary/aromatic N) is 5. The van der Waals surface area contributed by atoms with E-state index >= 15 is 0 Å². The Hall–Kier alpha value is -3.25. The van der Waals surface area contributed by atoms with E-state index in [-0.39, 0.29) is 0 Å². The molecule has 0 bridgehead atoms. The molecule has 0 spiro atoms. The summed E-state index contributed by atoms with van der Waals surface area (Å²) in [5.74, 6) is 0. The van der Waals surface area contributed by atoms with Crippen molar-refractivity contribution in [3.63, 3.8) is 0 Å². The Morgan fingerprint density at radius 1 is 1.00 bits per heavy atom. The molecule has 2 aromatic heterocycles. The Morgan fingerprint density at radius 3 is 2.59 bits per heavy atom. The molecular weight excluding hydrogens is 360 g/mol. The summed E-state index contributed by atoms with van der Waals surface area (Å²) in [6.45, 7) is 2.39. The number of aryl methyl sites for hydroxylation is 1. The van der Waals surface area contributed by atoms with Gasteiger partial charge < -0.3 is 0 Å². The monoisotopic (exact) mass is 374 g/mol. The predicted molar refractivity (Wildman–Crippen MR) is 105 cm³/mol. The molecule has 0 unspecified atom stereocenters. The Labute approximate surface area is 160 Å². The maximum absolute atomic E-state index is 6.08. The van der Waals surface area contributed by atoms with Crippen LogP contribution >= 0.6 is 11.6 Å². The summed E-state index contributed by atoms with van der Waals surface area (Å²) in [7, 11) is 0. The van der Waals surface area contributed by atoms with Gasteiger partial charge >= 0.3 is 0 Å². The molecule has 0 amide bonds. The molecule has 132 valence electrons. The number of benzene rings is 2. The smallest absolute Gasteiger partial charge is 0.134 e. The first kappa shape index (κ1) is 16.0. The van der Waals surface area contributed by atoms with Crippen LogP contribution in [0.1, 0.15) is 16.8 Å². The molecule has 7 heteroatoms. The van der Waals surface area contributed by atoms with E-state index in [1.807, 2.05) is 41.9 Å². The largest absolute Gasteiger partial charge is 0.278 e. The minimum Gasteiger partial charge on any atom is -0.278 e. The van der Waals surface area contributed by atoms with Crippen LogP contribution in [0.2, 0.25) is 5.02 Å². The van der Waals surface area contributed by atoms with Crippen molar-refractivity contribution in [1.82, 2.24) is 25.2 Å². The van der Waals surface area contributed by atoms with Crippen LogP contribution < -0.4 is 0 Å². The van der Waals surface area contributed by atoms with E-state index in [1.54, 1.807) is 6.20 Å². The zero-order chi connectivity index (χ0) is 18.4. The lowest BCUT2D eigenvalue weighted by Gasteiger charge is -2.12. The molecule has 27 heavy (non-hydrogen) atoms. The van der Waals surface area contributed by atoms with Crippen LogP contribution in [0, 0.1) is 6.92 Å². The zero-order valence-corrected chi connectivity index (χ0v) is 15.3. The lowest BCUT2D eigenvalue weighted by Crippen LogP contribution is -2.05. The van der Waals surface area contributed by atoms with Gasteiger partial charge in [0.2, 0.25) is 0 Å². The van der Waals surface area contributed by atoms with Gasteiger partial charge in [0.25, 0.3) is 0 Å². The van der Waals surface area contributed by atoms with E-state index in [2.05, 4.69) is 38.7 Å². The quantitative estimate of drug-likeness (QED) is 0.574. The van der Waals surface area contributed by atoms with Gasteiger partial charge in [0.15, 0.2) is 0 Å². The van der Waals surface area contributed by atoms with E-state index in [1.165, 1.54) is 0 Å². The fraction of sp³-hybridized carbons (Fsp3) is 0.100. The van der Waals surface area contributed by atoms with Gasteiger partial charge in [0, 0.05) is 33.5 Å². The van der Waals surface area contributed by atoms with Crippen molar-refractivity contribution in [3.8, 4) is 22.5 Å². The third-order valence-corrected chi connectivity index (χ3v) is 4.98. The van der Waals surface area contributed by atoms with E-state index in [4.69, 9.17) is 16.6 Å². The maximum atomic E-state index is 6.08. The predicted octanol–water partition coefficient (Wildman–Crippen LogP) is 4.11. The molecule has 1 aliphatic rings. The molecule has 0 saturated heterocycles. The Balaban J connectivity index is 1.76. The molecule has 0 saturated carbocycles. The number of hydrogen-bond donors (Lipinski definition) is 1. The van der Waals surface area contributed by atoms with E-state index in [9.17, 15) is 0 Å². The zero-order valence-electron chi connectivity index (χ0n) is 14.5. The van der Waals surface area contributed by atoms with E-state index in [0.29, 0.717) is 11.7 Å². The molecule has 1 N–H and O–H groups in total. The Bertz CT molecular complexity index is 1160. The minimum absolute atomic E-state index is 0.419. The Kier molecular flexibility index (Phi) is 3.65. The van der Waals surface area contributed by atoms with Crippen molar-refractivity contribution >= 4 is 17.3 Å². The molecule has 0 radical (unpaired) electrons. The van der Waals surface area contributed by atoms with Gasteiger partial charge in [-0.1, -0.05) is 41.1 Å². The van der Waals surface area contributed by atoms with Crippen molar-refractivity contribution in [3.05, 3.63) is 76.6 Å². The molecule has 3 heterocycles. The van der Waals surface area contributed by atoms with Gasteiger partial charge in [-0.15, -0.1) is 5.10 Å². The molecular formula is C20H15ClN6. The number of hydrogen-bond acceptors (Lipinski definition) is 4. The summed E-state index contributed by atoms with van der Waals surface area (Å²) in [5, 5.41) is 16.3. The second-order valence-electron chi connectivity index (χ2n) is 6.41. The van der Waals surface area contributed by atoms with Crippen LogP contribution in [0.15, 0.2) is 59.7 Å². The van der Waals surface area contributed by atoms with Crippen molar-refractivity contribution in [2.24, 2.45) is 4.99 Å². The molecule has 0 aliphatic carbocycles. The molecule has 6 nitrogen and oxygen atoms in total. The highest BCUT2D eigenvalue weighted by Crippen LogP contribution is 2.33. The van der Waals surface area contributed by atoms with Crippen LogP contribution in [0.4, 0.5) is 0 Å². The minimum atomic E-state index is 0.419. The number of rotatable bonds is 2. The van der Waals surface area contributed by atoms with Gasteiger partial charge in [0.05, 0.1) is 22.8 Å². The van der Waals surface area contributed by atoms with Crippen molar-refractivity contribution in [2.75, 3.05) is 0 Å². The number of nitrogens with one attached hydrogen (secondary N) is 1. The highest BCUT2D eigenvalue weighted by Gasteiger charge is 2.23. The number of fused-ring (bicyclic) bond motifs is 3. The van der Waals surface area contributed by atoms with Crippen LogP contribution in [-0.4, -0.2) is 30.9 Å². The second-order valence-corrected chi connectivity index (χ2v) is 6.85. The van der Waals surface area contributed by atoms with Crippen LogP contribution in [0.25, 0.3) is 22.5 Å². The maximum Gasteiger partial charge on any atom is 0.134 e. The van der Waals surface area contributed by atoms with Crippen LogP contribution in [0.3, 0.4) is 0 Å². The summed E-state index contributed by atoms with van der Waals surface area (Å²) in [6.07, 6.45) is 1.75. The summed E-state index contributed by atoms with van der Waals surface area (Å²) >= 11 is 6.08. The third-order valence-electron chi connectivity index (χ3n) is 4.73. The summed E-state index contributed by atoms with van der Waals surface area (Å²) in [4.78, 5) is 4.85. The lowest BCUT2D eigenvalue weighted by atomic mass is 9.93. The van der Waals surface area contributed by atoms with E-state index in [0.717, 1.165) is 45.0 Å². The third kappa shape index (κ3) is 2.65. The number of aromatic amines is 1. The molecule has 0 fully saturated rings. The first-order valence-electron chi connectivity index (χ1n) is 8.56. The average Bonchev–Trinajstić information content (AvgIpc) is 3.30. The molecule has 0 atom stereocenters. The van der Waals surface area contributed by atoms with Crippen LogP contribution in [0.5, 0.6) is 0 Å². The second kappa shape index (κ2) is 6.17. The van der Waals surface area contributed by atoms with Gasteiger partial charge in [-0.3, -0.25) is 10.1 Å². The average molecular weight is 375 g/mol. The first-order valence-corrected chi connectivity index (χ1v) is 8.93. The topological polar surface area (TPSA) is 71.8 Å². The number of halogens is 1. The SMILES string of the molecule is Cc1nnn2c1-c1ccc(-c3ccn[nH]3)cc1C(c1ccc(Cl)cc1)=NC2. The van der Waals surface area contributed by atoms with Gasteiger partial charge in [-0.05, 0) is 31.2 Å². The fourth-order valence-corrected chi connectivity index (χ4v) is 3.57. The van der Waals surface area contributed by atoms with Gasteiger partial charge in [-0.2, -0.15) is 5.10 Å². The van der Waals surface area contributed by atoms with Crippen LogP contribution in [-0.2, 0) is 6.67 Å². The highest BCUT2D eigenvalue weighted by atomic mass is 35.5. The molecule has 1 aliphatic heterocycles. The van der Waals surface area contributed by atoms with Gasteiger partial charge in [0.1, 0.15) is 6.67 Å². The standard InChI is InChI=1S/C20H15ClN6/c1-12-20-16-7-4-14(18-8-9-23-25-18)10-17(16)19(22-11-27(20)26-24-12)13-2-5-15(21)6-3-13/h2-10H,11H2,1H3,(H,23,25). The molecule has 2 aromatic carbocycles. The Morgan fingerprint density at radius 2 is 1.81 bits per heavy atom. The number of aliphatic imine (C=N–C) groups is 1.